The number of primary amides is 1. The largest absolute Gasteiger partial charge is 0.367 e. The lowest BCUT2D eigenvalue weighted by atomic mass is 9.84. The average Bonchev–Trinajstić information content (AvgIpc) is 2.47. The minimum atomic E-state index is -0.712. The van der Waals surface area contributed by atoms with Gasteiger partial charge in [-0.2, -0.15) is 0 Å². The van der Waals surface area contributed by atoms with Crippen molar-refractivity contribution in [3.63, 3.8) is 0 Å². The van der Waals surface area contributed by atoms with Crippen molar-refractivity contribution in [2.24, 2.45) is 11.7 Å². The fourth-order valence-corrected chi connectivity index (χ4v) is 2.84. The van der Waals surface area contributed by atoms with Crippen molar-refractivity contribution in [1.82, 2.24) is 4.98 Å². The summed E-state index contributed by atoms with van der Waals surface area (Å²) < 4.78 is 0. The molecule has 21 heavy (non-hydrogen) atoms. The van der Waals surface area contributed by atoms with Crippen LogP contribution in [0.1, 0.15) is 49.4 Å². The minimum absolute atomic E-state index is 0.0721. The van der Waals surface area contributed by atoms with E-state index in [1.807, 2.05) is 0 Å². The summed E-state index contributed by atoms with van der Waals surface area (Å²) in [5.74, 6) is 0.303. The Bertz CT molecular complexity index is 547. The number of pyridine rings is 1. The van der Waals surface area contributed by atoms with E-state index < -0.39 is 10.8 Å². The number of carbonyl (C=O) groups is 1. The van der Waals surface area contributed by atoms with Gasteiger partial charge in [0.15, 0.2) is 0 Å². The van der Waals surface area contributed by atoms with Gasteiger partial charge in [-0.1, -0.05) is 26.2 Å². The predicted octanol–water partition coefficient (Wildman–Crippen LogP) is 2.47. The molecule has 114 valence electrons. The number of nitrogens with one attached hydrogen (secondary N) is 1. The van der Waals surface area contributed by atoms with Crippen LogP contribution in [0.3, 0.4) is 0 Å². The Morgan fingerprint density at radius 1 is 1.57 bits per heavy atom. The number of rotatable bonds is 5. The second-order valence-corrected chi connectivity index (χ2v) is 5.49. The van der Waals surface area contributed by atoms with Crippen LogP contribution >= 0.6 is 0 Å². The highest BCUT2D eigenvalue weighted by Gasteiger charge is 2.23. The summed E-state index contributed by atoms with van der Waals surface area (Å²) in [7, 11) is 0. The Morgan fingerprint density at radius 2 is 2.33 bits per heavy atom. The predicted molar refractivity (Wildman–Crippen MR) is 79.1 cm³/mol. The van der Waals surface area contributed by atoms with E-state index in [-0.39, 0.29) is 17.3 Å². The average molecular weight is 292 g/mol. The number of nitrogens with two attached hydrogens (primary N) is 1. The third-order valence-electron chi connectivity index (χ3n) is 4.05. The number of anilines is 1. The van der Waals surface area contributed by atoms with E-state index in [4.69, 9.17) is 5.73 Å². The minimum Gasteiger partial charge on any atom is -0.367 e. The van der Waals surface area contributed by atoms with Gasteiger partial charge in [0.25, 0.3) is 11.6 Å². The number of hydrogen-bond donors (Lipinski definition) is 2. The van der Waals surface area contributed by atoms with E-state index in [9.17, 15) is 14.9 Å². The van der Waals surface area contributed by atoms with E-state index in [0.29, 0.717) is 11.7 Å². The highest BCUT2D eigenvalue weighted by atomic mass is 16.6. The van der Waals surface area contributed by atoms with Crippen molar-refractivity contribution in [1.29, 1.82) is 0 Å². The van der Waals surface area contributed by atoms with Crippen molar-refractivity contribution in [2.75, 3.05) is 5.32 Å². The molecule has 3 N–H and O–H groups in total. The SMILES string of the molecule is CCC1CCCC(Nc2ncc([N+](=O)[O-])cc2C(N)=O)C1. The van der Waals surface area contributed by atoms with Gasteiger partial charge in [0.1, 0.15) is 12.0 Å². The molecule has 1 aromatic heterocycles. The first-order valence-electron chi connectivity index (χ1n) is 7.22. The van der Waals surface area contributed by atoms with E-state index >= 15 is 0 Å². The molecular formula is C14H20N4O3. The van der Waals surface area contributed by atoms with Crippen LogP contribution in [-0.4, -0.2) is 21.9 Å². The Kier molecular flexibility index (Phi) is 4.72. The second kappa shape index (κ2) is 6.51. The normalized spacial score (nSPS) is 21.8. The molecule has 7 nitrogen and oxygen atoms in total. The molecule has 0 spiro atoms. The number of nitro groups is 1. The maximum absolute atomic E-state index is 11.5. The topological polar surface area (TPSA) is 111 Å². The van der Waals surface area contributed by atoms with E-state index in [2.05, 4.69) is 17.2 Å². The molecule has 7 heteroatoms. The Morgan fingerprint density at radius 3 is 2.95 bits per heavy atom. The summed E-state index contributed by atoms with van der Waals surface area (Å²) in [6, 6.07) is 1.41. The zero-order chi connectivity index (χ0) is 15.4. The molecule has 1 aliphatic carbocycles. The van der Waals surface area contributed by atoms with Gasteiger partial charge in [-0.25, -0.2) is 4.98 Å². The molecule has 0 aliphatic heterocycles. The second-order valence-electron chi connectivity index (χ2n) is 5.49. The van der Waals surface area contributed by atoms with E-state index in [1.165, 1.54) is 12.5 Å². The molecule has 0 bridgehead atoms. The van der Waals surface area contributed by atoms with E-state index in [1.54, 1.807) is 0 Å². The molecule has 1 aliphatic rings. The molecule has 1 fully saturated rings. The highest BCUT2D eigenvalue weighted by Crippen LogP contribution is 2.29. The van der Waals surface area contributed by atoms with Gasteiger partial charge in [0, 0.05) is 12.1 Å². The first-order chi connectivity index (χ1) is 10.0. The number of amides is 1. The van der Waals surface area contributed by atoms with Crippen molar-refractivity contribution in [3.8, 4) is 0 Å². The van der Waals surface area contributed by atoms with Gasteiger partial charge in [-0.05, 0) is 18.8 Å². The van der Waals surface area contributed by atoms with Gasteiger partial charge in [-0.15, -0.1) is 0 Å². The maximum atomic E-state index is 11.5. The monoisotopic (exact) mass is 292 g/mol. The van der Waals surface area contributed by atoms with E-state index in [0.717, 1.165) is 31.9 Å². The molecule has 2 atom stereocenters. The van der Waals surface area contributed by atoms with Crippen LogP contribution in [-0.2, 0) is 0 Å². The van der Waals surface area contributed by atoms with Crippen LogP contribution in [0.5, 0.6) is 0 Å². The van der Waals surface area contributed by atoms with Crippen molar-refractivity contribution in [3.05, 3.63) is 27.9 Å². The van der Waals surface area contributed by atoms with Gasteiger partial charge < -0.3 is 11.1 Å². The Hall–Kier alpha value is -2.18. The summed E-state index contributed by atoms with van der Waals surface area (Å²) in [5, 5.41) is 14.0. The standard InChI is InChI=1S/C14H20N4O3/c1-2-9-4-3-5-10(6-9)17-14-12(13(15)19)7-11(8-16-14)18(20)21/h7-10H,2-6H2,1H3,(H2,15,19)(H,16,17). The molecule has 2 unspecified atom stereocenters. The zero-order valence-electron chi connectivity index (χ0n) is 12.0. The first kappa shape index (κ1) is 15.2. The maximum Gasteiger partial charge on any atom is 0.288 e. The summed E-state index contributed by atoms with van der Waals surface area (Å²) in [6.45, 7) is 2.17. The van der Waals surface area contributed by atoms with Crippen LogP contribution in [0.4, 0.5) is 11.5 Å². The first-order valence-corrected chi connectivity index (χ1v) is 7.22. The van der Waals surface area contributed by atoms with Crippen molar-refractivity contribution < 1.29 is 9.72 Å². The molecule has 0 radical (unpaired) electrons. The molecule has 2 rings (SSSR count). The third kappa shape index (κ3) is 3.68. The van der Waals surface area contributed by atoms with Crippen LogP contribution in [0.2, 0.25) is 0 Å². The number of nitrogens with zero attached hydrogens (tertiary/aromatic N) is 2. The summed E-state index contributed by atoms with van der Waals surface area (Å²) >= 11 is 0. The number of hydrogen-bond acceptors (Lipinski definition) is 5. The van der Waals surface area contributed by atoms with Gasteiger partial charge in [-0.3, -0.25) is 14.9 Å². The smallest absolute Gasteiger partial charge is 0.288 e. The molecular weight excluding hydrogens is 272 g/mol. The lowest BCUT2D eigenvalue weighted by Gasteiger charge is -2.29. The molecule has 1 aromatic rings. The van der Waals surface area contributed by atoms with Crippen LogP contribution in [0, 0.1) is 16.0 Å². The van der Waals surface area contributed by atoms with Gasteiger partial charge in [0.05, 0.1) is 10.5 Å². The van der Waals surface area contributed by atoms with Crippen LogP contribution in [0.25, 0.3) is 0 Å². The quantitative estimate of drug-likeness (QED) is 0.639. The Labute approximate surface area is 123 Å². The zero-order valence-corrected chi connectivity index (χ0v) is 12.0. The summed E-state index contributed by atoms with van der Waals surface area (Å²) in [4.78, 5) is 25.7. The van der Waals surface area contributed by atoms with Crippen molar-refractivity contribution in [2.45, 2.75) is 45.1 Å². The fourth-order valence-electron chi connectivity index (χ4n) is 2.84. The van der Waals surface area contributed by atoms with Crippen molar-refractivity contribution >= 4 is 17.4 Å². The molecule has 0 aromatic carbocycles. The van der Waals surface area contributed by atoms with Crippen LogP contribution < -0.4 is 11.1 Å². The molecule has 0 saturated heterocycles. The Balaban J connectivity index is 2.19. The summed E-state index contributed by atoms with van der Waals surface area (Å²) in [5.41, 5.74) is 5.14. The number of carbonyl (C=O) groups excluding carboxylic acids is 1. The van der Waals surface area contributed by atoms with Crippen LogP contribution in [0.15, 0.2) is 12.3 Å². The number of aromatic nitrogens is 1. The lowest BCUT2D eigenvalue weighted by Crippen LogP contribution is -2.29. The molecule has 1 saturated carbocycles. The van der Waals surface area contributed by atoms with Gasteiger partial charge in [0.2, 0.25) is 0 Å². The third-order valence-corrected chi connectivity index (χ3v) is 4.05. The fraction of sp³-hybridized carbons (Fsp3) is 0.571. The summed E-state index contributed by atoms with van der Waals surface area (Å²) in [6.07, 6.45) is 6.67. The molecule has 1 amide bonds. The lowest BCUT2D eigenvalue weighted by molar-refractivity contribution is -0.385. The highest BCUT2D eigenvalue weighted by molar-refractivity contribution is 5.98. The molecule has 1 heterocycles. The van der Waals surface area contributed by atoms with Gasteiger partial charge >= 0.3 is 0 Å².